The molecule has 0 aliphatic carbocycles. The molecule has 0 saturated carbocycles. The topological polar surface area (TPSA) is 82.5 Å². The number of pyridine rings is 1. The lowest BCUT2D eigenvalue weighted by Gasteiger charge is -2.12. The number of carbonyl (C=O) groups is 1. The second kappa shape index (κ2) is 5.97. The van der Waals surface area contributed by atoms with E-state index in [4.69, 9.17) is 0 Å². The Labute approximate surface area is 110 Å². The average Bonchev–Trinajstić information content (AvgIpc) is 2.46. The van der Waals surface area contributed by atoms with Gasteiger partial charge in [0.05, 0.1) is 17.9 Å². The summed E-state index contributed by atoms with van der Waals surface area (Å²) in [4.78, 5) is 15.5. The molecule has 1 unspecified atom stereocenters. The summed E-state index contributed by atoms with van der Waals surface area (Å²) in [5.74, 6) is -0.635. The molecular formula is C14H14N2O3. The molecule has 1 atom stereocenters. The molecular weight excluding hydrogens is 244 g/mol. The van der Waals surface area contributed by atoms with Gasteiger partial charge in [0.1, 0.15) is 5.75 Å². The summed E-state index contributed by atoms with van der Waals surface area (Å²) >= 11 is 0. The van der Waals surface area contributed by atoms with Gasteiger partial charge in [0.25, 0.3) is 5.91 Å². The first kappa shape index (κ1) is 13.0. The summed E-state index contributed by atoms with van der Waals surface area (Å²) < 4.78 is 0. The Morgan fingerprint density at radius 2 is 2.00 bits per heavy atom. The molecule has 0 fully saturated rings. The number of aliphatic hydroxyl groups excluding tert-OH is 1. The van der Waals surface area contributed by atoms with Crippen LogP contribution in [0, 0.1) is 0 Å². The second-order valence-electron chi connectivity index (χ2n) is 4.03. The maximum atomic E-state index is 11.8. The highest BCUT2D eigenvalue weighted by Gasteiger charge is 2.13. The number of rotatable bonds is 4. The van der Waals surface area contributed by atoms with E-state index in [1.807, 2.05) is 18.2 Å². The second-order valence-corrected chi connectivity index (χ2v) is 4.03. The normalized spacial score (nSPS) is 11.8. The predicted octanol–water partition coefficient (Wildman–Crippen LogP) is 1.25. The van der Waals surface area contributed by atoms with E-state index >= 15 is 0 Å². The standard InChI is InChI=1S/C14H14N2O3/c17-12(10-4-2-1-3-5-10)9-16-14(19)11-6-7-15-8-13(11)18/h1-8,12,17-18H,9H2,(H,16,19). The number of nitrogens with zero attached hydrogens (tertiary/aromatic N) is 1. The van der Waals surface area contributed by atoms with Crippen LogP contribution in [0.2, 0.25) is 0 Å². The molecule has 19 heavy (non-hydrogen) atoms. The molecule has 0 spiro atoms. The van der Waals surface area contributed by atoms with E-state index in [2.05, 4.69) is 10.3 Å². The van der Waals surface area contributed by atoms with Gasteiger partial charge in [0.2, 0.25) is 0 Å². The summed E-state index contributed by atoms with van der Waals surface area (Å²) in [5.41, 5.74) is 0.858. The van der Waals surface area contributed by atoms with Crippen molar-refractivity contribution in [2.45, 2.75) is 6.10 Å². The Kier molecular flexibility index (Phi) is 4.10. The Bertz CT molecular complexity index is 558. The van der Waals surface area contributed by atoms with Crippen molar-refractivity contribution in [1.82, 2.24) is 10.3 Å². The third-order valence-electron chi connectivity index (χ3n) is 2.68. The van der Waals surface area contributed by atoms with E-state index < -0.39 is 12.0 Å². The molecule has 1 aromatic carbocycles. The van der Waals surface area contributed by atoms with Gasteiger partial charge in [0.15, 0.2) is 0 Å². The number of aromatic hydroxyl groups is 1. The van der Waals surface area contributed by atoms with Crippen molar-refractivity contribution in [2.75, 3.05) is 6.54 Å². The maximum absolute atomic E-state index is 11.8. The van der Waals surface area contributed by atoms with Gasteiger partial charge >= 0.3 is 0 Å². The lowest BCUT2D eigenvalue weighted by Crippen LogP contribution is -2.28. The number of nitrogens with one attached hydrogen (secondary N) is 1. The van der Waals surface area contributed by atoms with Crippen molar-refractivity contribution in [1.29, 1.82) is 0 Å². The van der Waals surface area contributed by atoms with Crippen molar-refractivity contribution >= 4 is 5.91 Å². The van der Waals surface area contributed by atoms with Crippen LogP contribution in [0.15, 0.2) is 48.8 Å². The summed E-state index contributed by atoms with van der Waals surface area (Å²) in [5, 5.41) is 21.9. The van der Waals surface area contributed by atoms with Crippen molar-refractivity contribution in [3.8, 4) is 5.75 Å². The molecule has 1 amide bonds. The largest absolute Gasteiger partial charge is 0.505 e. The van der Waals surface area contributed by atoms with E-state index in [0.29, 0.717) is 0 Å². The van der Waals surface area contributed by atoms with Crippen LogP contribution in [0.3, 0.4) is 0 Å². The number of aliphatic hydroxyl groups is 1. The van der Waals surface area contributed by atoms with Gasteiger partial charge in [-0.15, -0.1) is 0 Å². The molecule has 1 aromatic heterocycles. The van der Waals surface area contributed by atoms with Crippen LogP contribution in [0.1, 0.15) is 22.0 Å². The number of benzene rings is 1. The van der Waals surface area contributed by atoms with Crippen LogP contribution >= 0.6 is 0 Å². The molecule has 3 N–H and O–H groups in total. The molecule has 0 bridgehead atoms. The Morgan fingerprint density at radius 3 is 2.68 bits per heavy atom. The number of aromatic nitrogens is 1. The number of hydrogen-bond donors (Lipinski definition) is 3. The SMILES string of the molecule is O=C(NCC(O)c1ccccc1)c1ccncc1O. The first-order valence-corrected chi connectivity index (χ1v) is 5.82. The first-order chi connectivity index (χ1) is 9.18. The van der Waals surface area contributed by atoms with E-state index in [1.54, 1.807) is 12.1 Å². The van der Waals surface area contributed by atoms with E-state index in [-0.39, 0.29) is 17.9 Å². The Balaban J connectivity index is 1.96. The van der Waals surface area contributed by atoms with E-state index in [9.17, 15) is 15.0 Å². The van der Waals surface area contributed by atoms with Gasteiger partial charge in [-0.2, -0.15) is 0 Å². The lowest BCUT2D eigenvalue weighted by atomic mass is 10.1. The molecule has 98 valence electrons. The fourth-order valence-corrected chi connectivity index (χ4v) is 1.66. The highest BCUT2D eigenvalue weighted by molar-refractivity contribution is 5.96. The minimum absolute atomic E-state index is 0.0740. The molecule has 0 aliphatic rings. The van der Waals surface area contributed by atoms with E-state index in [0.717, 1.165) is 5.56 Å². The Hall–Kier alpha value is -2.40. The molecule has 0 radical (unpaired) electrons. The minimum atomic E-state index is -0.783. The fraction of sp³-hybridized carbons (Fsp3) is 0.143. The molecule has 1 heterocycles. The summed E-state index contributed by atoms with van der Waals surface area (Å²) in [6, 6.07) is 10.5. The summed E-state index contributed by atoms with van der Waals surface area (Å²) in [7, 11) is 0. The number of carbonyl (C=O) groups excluding carboxylic acids is 1. The smallest absolute Gasteiger partial charge is 0.255 e. The average molecular weight is 258 g/mol. The molecule has 0 saturated heterocycles. The van der Waals surface area contributed by atoms with Gasteiger partial charge in [-0.05, 0) is 11.6 Å². The zero-order valence-corrected chi connectivity index (χ0v) is 10.2. The van der Waals surface area contributed by atoms with Crippen molar-refractivity contribution < 1.29 is 15.0 Å². The quantitative estimate of drug-likeness (QED) is 0.770. The summed E-state index contributed by atoms with van der Waals surface area (Å²) in [6.45, 7) is 0.0740. The van der Waals surface area contributed by atoms with Gasteiger partial charge in [0, 0.05) is 12.7 Å². The fourth-order valence-electron chi connectivity index (χ4n) is 1.66. The van der Waals surface area contributed by atoms with Crippen molar-refractivity contribution in [3.63, 3.8) is 0 Å². The highest BCUT2D eigenvalue weighted by Crippen LogP contribution is 2.14. The van der Waals surface area contributed by atoms with Gasteiger partial charge in [-0.3, -0.25) is 9.78 Å². The molecule has 2 aromatic rings. The minimum Gasteiger partial charge on any atom is -0.505 e. The van der Waals surface area contributed by atoms with Crippen LogP contribution in [0.25, 0.3) is 0 Å². The van der Waals surface area contributed by atoms with Crippen LogP contribution in [-0.2, 0) is 0 Å². The van der Waals surface area contributed by atoms with Crippen LogP contribution in [-0.4, -0.2) is 27.6 Å². The highest BCUT2D eigenvalue weighted by atomic mass is 16.3. The third kappa shape index (κ3) is 3.29. The maximum Gasteiger partial charge on any atom is 0.255 e. The lowest BCUT2D eigenvalue weighted by molar-refractivity contribution is 0.0913. The van der Waals surface area contributed by atoms with Gasteiger partial charge in [-0.25, -0.2) is 0 Å². The predicted molar refractivity (Wildman–Crippen MR) is 69.6 cm³/mol. The van der Waals surface area contributed by atoms with Gasteiger partial charge in [-0.1, -0.05) is 30.3 Å². The molecule has 0 aliphatic heterocycles. The van der Waals surface area contributed by atoms with Crippen LogP contribution in [0.5, 0.6) is 5.75 Å². The number of amides is 1. The monoisotopic (exact) mass is 258 g/mol. The number of hydrogen-bond acceptors (Lipinski definition) is 4. The molecule has 2 rings (SSSR count). The van der Waals surface area contributed by atoms with Crippen LogP contribution < -0.4 is 5.32 Å². The van der Waals surface area contributed by atoms with Gasteiger partial charge < -0.3 is 15.5 Å². The van der Waals surface area contributed by atoms with Crippen molar-refractivity contribution in [2.24, 2.45) is 0 Å². The van der Waals surface area contributed by atoms with Crippen molar-refractivity contribution in [3.05, 3.63) is 59.9 Å². The Morgan fingerprint density at radius 1 is 1.26 bits per heavy atom. The zero-order valence-electron chi connectivity index (χ0n) is 10.2. The zero-order chi connectivity index (χ0) is 13.7. The molecule has 5 nitrogen and oxygen atoms in total. The molecule has 5 heteroatoms. The van der Waals surface area contributed by atoms with E-state index in [1.165, 1.54) is 18.5 Å². The first-order valence-electron chi connectivity index (χ1n) is 5.82. The summed E-state index contributed by atoms with van der Waals surface area (Å²) in [6.07, 6.45) is 1.83. The van der Waals surface area contributed by atoms with Crippen LogP contribution in [0.4, 0.5) is 0 Å². The third-order valence-corrected chi connectivity index (χ3v) is 2.68.